The second kappa shape index (κ2) is 9.85. The lowest BCUT2D eigenvalue weighted by Crippen LogP contribution is -2.15. The molecule has 4 aromatic rings. The van der Waals surface area contributed by atoms with Crippen molar-refractivity contribution in [2.24, 2.45) is 0 Å². The molecule has 0 aliphatic rings. The molecule has 0 atom stereocenters. The summed E-state index contributed by atoms with van der Waals surface area (Å²) in [5.41, 5.74) is 2.89. The van der Waals surface area contributed by atoms with Gasteiger partial charge in [-0.2, -0.15) is 0 Å². The van der Waals surface area contributed by atoms with Crippen molar-refractivity contribution in [3.63, 3.8) is 0 Å². The number of para-hydroxylation sites is 2. The SMILES string of the molecule is CC(C)(C)c1ccccc1-c1ccc(C(=O)Oc2ccccc2C(=O)Oc2ccccc2)c(O)c1. The van der Waals surface area contributed by atoms with Gasteiger partial charge in [0.1, 0.15) is 28.4 Å². The molecule has 176 valence electrons. The molecule has 35 heavy (non-hydrogen) atoms. The summed E-state index contributed by atoms with van der Waals surface area (Å²) in [6.07, 6.45) is 0. The molecule has 5 heteroatoms. The van der Waals surface area contributed by atoms with Crippen molar-refractivity contribution in [1.82, 2.24) is 0 Å². The molecule has 5 nitrogen and oxygen atoms in total. The van der Waals surface area contributed by atoms with Gasteiger partial charge < -0.3 is 14.6 Å². The Balaban J connectivity index is 1.58. The third-order valence-corrected chi connectivity index (χ3v) is 5.53. The fraction of sp³-hybridized carbons (Fsp3) is 0.133. The molecule has 0 aliphatic heterocycles. The van der Waals surface area contributed by atoms with E-state index in [1.165, 1.54) is 18.2 Å². The van der Waals surface area contributed by atoms with Crippen LogP contribution in [0.3, 0.4) is 0 Å². The second-order valence-electron chi connectivity index (χ2n) is 9.12. The number of aromatic hydroxyl groups is 1. The average Bonchev–Trinajstić information content (AvgIpc) is 2.84. The first-order chi connectivity index (χ1) is 16.7. The Hall–Kier alpha value is -4.38. The van der Waals surface area contributed by atoms with Crippen LogP contribution in [-0.4, -0.2) is 17.0 Å². The van der Waals surface area contributed by atoms with Crippen LogP contribution in [0.25, 0.3) is 11.1 Å². The highest BCUT2D eigenvalue weighted by atomic mass is 16.5. The first kappa shape index (κ1) is 23.8. The van der Waals surface area contributed by atoms with Crippen molar-refractivity contribution >= 4 is 11.9 Å². The fourth-order valence-corrected chi connectivity index (χ4v) is 3.79. The minimum atomic E-state index is -0.780. The molecule has 0 radical (unpaired) electrons. The van der Waals surface area contributed by atoms with Gasteiger partial charge in [-0.05, 0) is 58.5 Å². The van der Waals surface area contributed by atoms with Crippen LogP contribution < -0.4 is 9.47 Å². The zero-order valence-electron chi connectivity index (χ0n) is 19.8. The number of carbonyl (C=O) groups is 2. The van der Waals surface area contributed by atoms with Gasteiger partial charge in [0.2, 0.25) is 0 Å². The molecule has 0 heterocycles. The maximum absolute atomic E-state index is 12.9. The Kier molecular flexibility index (Phi) is 6.69. The van der Waals surface area contributed by atoms with Gasteiger partial charge in [-0.25, -0.2) is 9.59 Å². The number of carbonyl (C=O) groups excluding carboxylic acids is 2. The summed E-state index contributed by atoms with van der Waals surface area (Å²) < 4.78 is 10.9. The van der Waals surface area contributed by atoms with Crippen LogP contribution in [0.15, 0.2) is 97.1 Å². The first-order valence-electron chi connectivity index (χ1n) is 11.3. The maximum Gasteiger partial charge on any atom is 0.347 e. The van der Waals surface area contributed by atoms with Gasteiger partial charge in [-0.3, -0.25) is 0 Å². The number of phenolic OH excluding ortho intramolecular Hbond substituents is 1. The summed E-state index contributed by atoms with van der Waals surface area (Å²) in [6.45, 7) is 6.37. The normalized spacial score (nSPS) is 11.1. The van der Waals surface area contributed by atoms with Crippen LogP contribution in [0, 0.1) is 0 Å². The molecule has 0 fully saturated rings. The van der Waals surface area contributed by atoms with Crippen molar-refractivity contribution in [1.29, 1.82) is 0 Å². The molecule has 0 bridgehead atoms. The lowest BCUT2D eigenvalue weighted by atomic mass is 9.82. The van der Waals surface area contributed by atoms with E-state index in [2.05, 4.69) is 26.8 Å². The lowest BCUT2D eigenvalue weighted by molar-refractivity contribution is 0.0705. The molecule has 0 saturated carbocycles. The Morgan fingerprint density at radius 1 is 0.686 bits per heavy atom. The van der Waals surface area contributed by atoms with Crippen LogP contribution in [0.4, 0.5) is 0 Å². The van der Waals surface area contributed by atoms with E-state index in [-0.39, 0.29) is 28.0 Å². The van der Waals surface area contributed by atoms with Gasteiger partial charge in [0.15, 0.2) is 0 Å². The standard InChI is InChI=1S/C30H26O5/c1-30(2,3)25-15-9-7-13-22(25)20-17-18-23(26(31)19-20)28(32)35-27-16-10-8-14-24(27)29(33)34-21-11-5-4-6-12-21/h4-19,31H,1-3H3. The van der Waals surface area contributed by atoms with Gasteiger partial charge in [0.25, 0.3) is 0 Å². The molecule has 0 aromatic heterocycles. The van der Waals surface area contributed by atoms with E-state index in [9.17, 15) is 14.7 Å². The minimum Gasteiger partial charge on any atom is -0.507 e. The van der Waals surface area contributed by atoms with Crippen LogP contribution in [0.1, 0.15) is 47.1 Å². The highest BCUT2D eigenvalue weighted by Gasteiger charge is 2.22. The van der Waals surface area contributed by atoms with E-state index >= 15 is 0 Å². The van der Waals surface area contributed by atoms with E-state index in [4.69, 9.17) is 9.47 Å². The van der Waals surface area contributed by atoms with Crippen molar-refractivity contribution in [2.45, 2.75) is 26.2 Å². The lowest BCUT2D eigenvalue weighted by Gasteiger charge is -2.23. The summed E-state index contributed by atoms with van der Waals surface area (Å²) >= 11 is 0. The third kappa shape index (κ3) is 5.41. The van der Waals surface area contributed by atoms with Gasteiger partial charge >= 0.3 is 11.9 Å². The van der Waals surface area contributed by atoms with Crippen molar-refractivity contribution < 1.29 is 24.2 Å². The predicted octanol–water partition coefficient (Wildman–Crippen LogP) is 6.80. The molecule has 0 aliphatic carbocycles. The van der Waals surface area contributed by atoms with Crippen LogP contribution in [0.5, 0.6) is 17.2 Å². The number of rotatable bonds is 5. The number of hydrogen-bond donors (Lipinski definition) is 1. The summed E-state index contributed by atoms with van der Waals surface area (Å²) in [4.78, 5) is 25.6. The van der Waals surface area contributed by atoms with Gasteiger partial charge in [0.05, 0.1) is 0 Å². The summed E-state index contributed by atoms with van der Waals surface area (Å²) in [6, 6.07) is 27.8. The maximum atomic E-state index is 12.9. The first-order valence-corrected chi connectivity index (χ1v) is 11.3. The molecular weight excluding hydrogens is 440 g/mol. The quantitative estimate of drug-likeness (QED) is 0.259. The highest BCUT2D eigenvalue weighted by Crippen LogP contribution is 2.35. The van der Waals surface area contributed by atoms with Gasteiger partial charge in [0, 0.05) is 0 Å². The van der Waals surface area contributed by atoms with E-state index in [0.717, 1.165) is 16.7 Å². The number of phenols is 1. The van der Waals surface area contributed by atoms with Gasteiger partial charge in [-0.15, -0.1) is 0 Å². The average molecular weight is 467 g/mol. The van der Waals surface area contributed by atoms with E-state index in [0.29, 0.717) is 5.75 Å². The molecule has 4 rings (SSSR count). The van der Waals surface area contributed by atoms with Crippen LogP contribution in [0.2, 0.25) is 0 Å². The minimum absolute atomic E-state index is 0.00628. The Bertz CT molecular complexity index is 1370. The smallest absolute Gasteiger partial charge is 0.347 e. The topological polar surface area (TPSA) is 72.8 Å². The molecule has 4 aromatic carbocycles. The number of esters is 2. The molecule has 0 unspecified atom stereocenters. The van der Waals surface area contributed by atoms with Crippen molar-refractivity contribution in [3.05, 3.63) is 114 Å². The molecule has 1 N–H and O–H groups in total. The van der Waals surface area contributed by atoms with E-state index in [1.54, 1.807) is 48.5 Å². The number of benzene rings is 4. The molecule has 0 saturated heterocycles. The Morgan fingerprint density at radius 2 is 1.31 bits per heavy atom. The largest absolute Gasteiger partial charge is 0.507 e. The predicted molar refractivity (Wildman–Crippen MR) is 135 cm³/mol. The van der Waals surface area contributed by atoms with Crippen LogP contribution >= 0.6 is 0 Å². The zero-order valence-corrected chi connectivity index (χ0v) is 19.8. The Labute approximate surface area is 204 Å². The zero-order chi connectivity index (χ0) is 25.0. The molecule has 0 spiro atoms. The van der Waals surface area contributed by atoms with Crippen molar-refractivity contribution in [3.8, 4) is 28.4 Å². The number of ether oxygens (including phenoxy) is 2. The number of hydrogen-bond acceptors (Lipinski definition) is 5. The van der Waals surface area contributed by atoms with E-state index < -0.39 is 11.9 Å². The Morgan fingerprint density at radius 3 is 2.03 bits per heavy atom. The summed E-state index contributed by atoms with van der Waals surface area (Å²) in [5.74, 6) is -1.22. The second-order valence-corrected chi connectivity index (χ2v) is 9.12. The molecule has 0 amide bonds. The molecular formula is C30H26O5. The summed E-state index contributed by atoms with van der Waals surface area (Å²) in [7, 11) is 0. The van der Waals surface area contributed by atoms with E-state index in [1.807, 2.05) is 24.3 Å². The van der Waals surface area contributed by atoms with Gasteiger partial charge in [-0.1, -0.05) is 81.4 Å². The summed E-state index contributed by atoms with van der Waals surface area (Å²) in [5, 5.41) is 10.7. The fourth-order valence-electron chi connectivity index (χ4n) is 3.79. The van der Waals surface area contributed by atoms with Crippen LogP contribution in [-0.2, 0) is 5.41 Å². The monoisotopic (exact) mass is 466 g/mol. The highest BCUT2D eigenvalue weighted by molar-refractivity contribution is 5.98. The third-order valence-electron chi connectivity index (χ3n) is 5.53. The van der Waals surface area contributed by atoms with Crippen molar-refractivity contribution in [2.75, 3.05) is 0 Å².